The number of likely N-dealkylation sites (tertiary alicyclic amines) is 1. The quantitative estimate of drug-likeness (QED) is 0.490. The van der Waals surface area contributed by atoms with Crippen LogP contribution in [0.5, 0.6) is 5.75 Å². The second kappa shape index (κ2) is 9.72. The van der Waals surface area contributed by atoms with E-state index in [1.165, 1.54) is 12.8 Å². The topological polar surface area (TPSA) is 55.8 Å². The average molecular weight is 361 g/mol. The van der Waals surface area contributed by atoms with Crippen LogP contribution in [0.4, 0.5) is 0 Å². The largest absolute Gasteiger partial charge is 0.475 e. The van der Waals surface area contributed by atoms with Crippen LogP contribution >= 0.6 is 0 Å². The highest BCUT2D eigenvalue weighted by molar-refractivity contribution is 5.99. The van der Waals surface area contributed by atoms with Crippen molar-refractivity contribution in [1.82, 2.24) is 4.90 Å². The molecule has 2 unspecified atom stereocenters. The maximum absolute atomic E-state index is 12.5. The Balaban J connectivity index is 1.96. The van der Waals surface area contributed by atoms with E-state index < -0.39 is 5.92 Å². The third-order valence-electron chi connectivity index (χ3n) is 4.96. The van der Waals surface area contributed by atoms with Crippen LogP contribution in [0.25, 0.3) is 0 Å². The van der Waals surface area contributed by atoms with E-state index in [2.05, 4.69) is 18.7 Å². The van der Waals surface area contributed by atoms with E-state index in [9.17, 15) is 9.59 Å². The van der Waals surface area contributed by atoms with Gasteiger partial charge in [-0.25, -0.2) is 0 Å². The fourth-order valence-corrected chi connectivity index (χ4v) is 3.47. The van der Waals surface area contributed by atoms with Gasteiger partial charge in [0, 0.05) is 24.1 Å². The summed E-state index contributed by atoms with van der Waals surface area (Å²) in [7, 11) is 0. The molecule has 0 spiro atoms. The lowest BCUT2D eigenvalue weighted by atomic mass is 9.96. The van der Waals surface area contributed by atoms with Crippen LogP contribution in [0.3, 0.4) is 0 Å². The van der Waals surface area contributed by atoms with Crippen molar-refractivity contribution in [2.24, 2.45) is 5.92 Å². The first-order valence-electron chi connectivity index (χ1n) is 9.68. The molecule has 0 amide bonds. The Labute approximate surface area is 156 Å². The van der Waals surface area contributed by atoms with Crippen molar-refractivity contribution in [2.75, 3.05) is 13.2 Å². The van der Waals surface area contributed by atoms with Crippen molar-refractivity contribution in [3.63, 3.8) is 0 Å². The van der Waals surface area contributed by atoms with E-state index in [0.717, 1.165) is 18.7 Å². The number of benzene rings is 1. The zero-order valence-corrected chi connectivity index (χ0v) is 16.4. The number of carbonyl (C=O) groups is 2. The molecule has 1 aromatic rings. The summed E-state index contributed by atoms with van der Waals surface area (Å²) < 4.78 is 11.1. The van der Waals surface area contributed by atoms with E-state index in [1.807, 2.05) is 12.1 Å². The van der Waals surface area contributed by atoms with Gasteiger partial charge in [0.05, 0.1) is 13.0 Å². The van der Waals surface area contributed by atoms with Crippen LogP contribution < -0.4 is 4.74 Å². The van der Waals surface area contributed by atoms with Gasteiger partial charge in [-0.2, -0.15) is 0 Å². The third-order valence-corrected chi connectivity index (χ3v) is 4.96. The first-order chi connectivity index (χ1) is 12.5. The predicted molar refractivity (Wildman–Crippen MR) is 101 cm³/mol. The molecule has 0 aromatic heterocycles. The van der Waals surface area contributed by atoms with E-state index in [1.54, 1.807) is 26.0 Å². The van der Waals surface area contributed by atoms with Crippen LogP contribution in [0.1, 0.15) is 63.7 Å². The summed E-state index contributed by atoms with van der Waals surface area (Å²) in [6.45, 7) is 9.29. The molecule has 5 nitrogen and oxygen atoms in total. The van der Waals surface area contributed by atoms with Gasteiger partial charge in [0.15, 0.2) is 12.0 Å². The van der Waals surface area contributed by atoms with Gasteiger partial charge in [0.2, 0.25) is 0 Å². The van der Waals surface area contributed by atoms with Gasteiger partial charge in [0.1, 0.15) is 5.75 Å². The van der Waals surface area contributed by atoms with Gasteiger partial charge in [-0.1, -0.05) is 13.8 Å². The zero-order valence-electron chi connectivity index (χ0n) is 16.4. The van der Waals surface area contributed by atoms with Crippen LogP contribution in [-0.2, 0) is 9.53 Å². The van der Waals surface area contributed by atoms with Crippen LogP contribution in [-0.4, -0.2) is 42.1 Å². The second-order valence-electron chi connectivity index (χ2n) is 7.01. The molecule has 3 atom stereocenters. The van der Waals surface area contributed by atoms with E-state index >= 15 is 0 Å². The molecular weight excluding hydrogens is 330 g/mol. The Hall–Kier alpha value is -1.88. The maximum atomic E-state index is 12.5. The minimum absolute atomic E-state index is 0.0511. The van der Waals surface area contributed by atoms with Gasteiger partial charge in [-0.15, -0.1) is 0 Å². The molecule has 1 aliphatic heterocycles. The van der Waals surface area contributed by atoms with Crippen molar-refractivity contribution in [1.29, 1.82) is 0 Å². The second-order valence-corrected chi connectivity index (χ2v) is 7.01. The summed E-state index contributed by atoms with van der Waals surface area (Å²) in [5, 5.41) is 0. The third kappa shape index (κ3) is 5.31. The molecule has 0 radical (unpaired) electrons. The standard InChI is InChI=1S/C21H31NO4/c1-5-19(22-13-7-8-16(22)4)26-18-11-9-17(10-12-18)21(24)15(3)14-20(23)25-6-2/h9-12,15-16,19H,5-8,13-14H2,1-4H3/t15?,16-,19?/m1/s1. The predicted octanol–water partition coefficient (Wildman–Crippen LogP) is 4.06. The molecule has 0 aliphatic carbocycles. The molecule has 26 heavy (non-hydrogen) atoms. The Morgan fingerprint density at radius 3 is 2.46 bits per heavy atom. The van der Waals surface area contributed by atoms with E-state index in [-0.39, 0.29) is 24.4 Å². The number of hydrogen-bond donors (Lipinski definition) is 0. The summed E-state index contributed by atoms with van der Waals surface area (Å²) in [5.41, 5.74) is 0.594. The van der Waals surface area contributed by atoms with Gasteiger partial charge in [-0.3, -0.25) is 14.5 Å². The summed E-state index contributed by atoms with van der Waals surface area (Å²) in [5.74, 6) is -0.0103. The minimum atomic E-state index is -0.394. The Morgan fingerprint density at radius 2 is 1.92 bits per heavy atom. The molecule has 5 heteroatoms. The minimum Gasteiger partial charge on any atom is -0.475 e. The van der Waals surface area contributed by atoms with Gasteiger partial charge in [-0.05, 0) is 57.4 Å². The lowest BCUT2D eigenvalue weighted by Gasteiger charge is -2.31. The Morgan fingerprint density at radius 1 is 1.23 bits per heavy atom. The number of carbonyl (C=O) groups excluding carboxylic acids is 2. The molecule has 2 rings (SSSR count). The van der Waals surface area contributed by atoms with Crippen LogP contribution in [0.15, 0.2) is 24.3 Å². The smallest absolute Gasteiger partial charge is 0.306 e. The van der Waals surface area contributed by atoms with E-state index in [4.69, 9.17) is 9.47 Å². The number of rotatable bonds is 9. The maximum Gasteiger partial charge on any atom is 0.306 e. The molecule has 1 fully saturated rings. The normalized spacial score (nSPS) is 19.8. The molecule has 144 valence electrons. The summed E-state index contributed by atoms with van der Waals surface area (Å²) in [4.78, 5) is 26.4. The number of esters is 1. The molecule has 1 saturated heterocycles. The van der Waals surface area contributed by atoms with Crippen molar-refractivity contribution >= 4 is 11.8 Å². The highest BCUT2D eigenvalue weighted by atomic mass is 16.5. The highest BCUT2D eigenvalue weighted by Crippen LogP contribution is 2.24. The van der Waals surface area contributed by atoms with Crippen molar-refractivity contribution in [3.05, 3.63) is 29.8 Å². The molecule has 0 bridgehead atoms. The number of ketones is 1. The summed E-state index contributed by atoms with van der Waals surface area (Å²) >= 11 is 0. The molecule has 1 aromatic carbocycles. The number of Topliss-reactive ketones (excluding diaryl/α,β-unsaturated/α-hetero) is 1. The van der Waals surface area contributed by atoms with Crippen molar-refractivity contribution < 1.29 is 19.1 Å². The van der Waals surface area contributed by atoms with Crippen molar-refractivity contribution in [3.8, 4) is 5.75 Å². The first-order valence-corrected chi connectivity index (χ1v) is 9.68. The molecule has 0 saturated carbocycles. The molecule has 0 N–H and O–H groups in total. The zero-order chi connectivity index (χ0) is 19.1. The number of nitrogens with zero attached hydrogens (tertiary/aromatic N) is 1. The van der Waals surface area contributed by atoms with Crippen molar-refractivity contribution in [2.45, 2.75) is 65.6 Å². The number of hydrogen-bond acceptors (Lipinski definition) is 5. The van der Waals surface area contributed by atoms with Gasteiger partial charge in [0.25, 0.3) is 0 Å². The fourth-order valence-electron chi connectivity index (χ4n) is 3.47. The lowest BCUT2D eigenvalue weighted by molar-refractivity contribution is -0.143. The fraction of sp³-hybridized carbons (Fsp3) is 0.619. The SMILES string of the molecule is CCOC(=O)CC(C)C(=O)c1ccc(OC(CC)N2CCC[C@H]2C)cc1. The van der Waals surface area contributed by atoms with Gasteiger partial charge < -0.3 is 9.47 Å². The van der Waals surface area contributed by atoms with Crippen LogP contribution in [0, 0.1) is 5.92 Å². The highest BCUT2D eigenvalue weighted by Gasteiger charge is 2.28. The summed E-state index contributed by atoms with van der Waals surface area (Å²) in [6.07, 6.45) is 3.52. The van der Waals surface area contributed by atoms with Crippen LogP contribution in [0.2, 0.25) is 0 Å². The molecule has 1 aliphatic rings. The summed E-state index contributed by atoms with van der Waals surface area (Å²) in [6, 6.07) is 7.78. The van der Waals surface area contributed by atoms with E-state index in [0.29, 0.717) is 18.2 Å². The lowest BCUT2D eigenvalue weighted by Crippen LogP contribution is -2.41. The van der Waals surface area contributed by atoms with Gasteiger partial charge >= 0.3 is 5.97 Å². The average Bonchev–Trinajstić information content (AvgIpc) is 3.05. The molecular formula is C21H31NO4. The monoisotopic (exact) mass is 361 g/mol. The number of ether oxygens (including phenoxy) is 2. The first kappa shape index (κ1) is 20.4. The Kier molecular flexibility index (Phi) is 7.64. The molecule has 1 heterocycles. The Bertz CT molecular complexity index is 599.